The van der Waals surface area contributed by atoms with E-state index in [1.807, 2.05) is 9.80 Å². The lowest BCUT2D eigenvalue weighted by Gasteiger charge is -2.30. The molecule has 4 heteroatoms. The minimum atomic E-state index is 0.229. The zero-order valence-corrected chi connectivity index (χ0v) is 7.91. The molecule has 0 atom stereocenters. The van der Waals surface area contributed by atoms with E-state index in [1.54, 1.807) is 0 Å². The van der Waals surface area contributed by atoms with Gasteiger partial charge in [-0.3, -0.25) is 0 Å². The van der Waals surface area contributed by atoms with Gasteiger partial charge in [0, 0.05) is 39.3 Å². The maximum atomic E-state index is 11.8. The number of carbonyl (C=O) groups excluding carboxylic acids is 1. The Balaban J connectivity index is 1.87. The summed E-state index contributed by atoms with van der Waals surface area (Å²) in [4.78, 5) is 15.7. The van der Waals surface area contributed by atoms with Gasteiger partial charge >= 0.3 is 6.03 Å². The van der Waals surface area contributed by atoms with E-state index < -0.39 is 0 Å². The maximum Gasteiger partial charge on any atom is 0.320 e. The van der Waals surface area contributed by atoms with E-state index in [-0.39, 0.29) is 6.03 Å². The Morgan fingerprint density at radius 2 is 1.46 bits per heavy atom. The average Bonchev–Trinajstić information content (AvgIpc) is 2.71. The van der Waals surface area contributed by atoms with Gasteiger partial charge in [-0.25, -0.2) is 10.1 Å². The molecule has 0 N–H and O–H groups in total. The lowest BCUT2D eigenvalue weighted by Crippen LogP contribution is -2.49. The van der Waals surface area contributed by atoms with Gasteiger partial charge in [-0.15, -0.1) is 0 Å². The first kappa shape index (κ1) is 8.81. The second kappa shape index (κ2) is 3.96. The van der Waals surface area contributed by atoms with Crippen LogP contribution in [0.25, 0.3) is 0 Å². The number of urea groups is 1. The van der Waals surface area contributed by atoms with Crippen molar-refractivity contribution in [3.63, 3.8) is 0 Å². The standard InChI is InChI=1S/C9H16N3O/c13-9(11-5-1-2-6-11)12-7-3-10-4-8-12/h1-8H2. The normalized spacial score (nSPS) is 23.7. The molecule has 13 heavy (non-hydrogen) atoms. The van der Waals surface area contributed by atoms with Crippen LogP contribution < -0.4 is 5.32 Å². The lowest BCUT2D eigenvalue weighted by atomic mass is 10.4. The molecule has 2 fully saturated rings. The molecule has 2 saturated heterocycles. The Labute approximate surface area is 78.9 Å². The summed E-state index contributed by atoms with van der Waals surface area (Å²) < 4.78 is 0. The molecular weight excluding hydrogens is 166 g/mol. The predicted molar refractivity (Wildman–Crippen MR) is 49.6 cm³/mol. The molecule has 0 bridgehead atoms. The van der Waals surface area contributed by atoms with Crippen LogP contribution in [-0.4, -0.2) is 55.1 Å². The van der Waals surface area contributed by atoms with Gasteiger partial charge in [0.25, 0.3) is 0 Å². The predicted octanol–water partition coefficient (Wildman–Crippen LogP) is 0.122. The number of likely N-dealkylation sites (tertiary alicyclic amines) is 1. The van der Waals surface area contributed by atoms with Crippen LogP contribution >= 0.6 is 0 Å². The first-order valence-electron chi connectivity index (χ1n) is 5.05. The van der Waals surface area contributed by atoms with Crippen LogP contribution in [0.4, 0.5) is 4.79 Å². The van der Waals surface area contributed by atoms with Gasteiger partial charge in [-0.2, -0.15) is 0 Å². The van der Waals surface area contributed by atoms with Crippen molar-refractivity contribution in [1.82, 2.24) is 15.1 Å². The van der Waals surface area contributed by atoms with E-state index in [2.05, 4.69) is 5.32 Å². The molecule has 0 aromatic rings. The second-order valence-corrected chi connectivity index (χ2v) is 3.63. The smallest absolute Gasteiger partial charge is 0.320 e. The van der Waals surface area contributed by atoms with Crippen LogP contribution in [0.15, 0.2) is 0 Å². The third kappa shape index (κ3) is 1.94. The number of rotatable bonds is 0. The number of carbonyl (C=O) groups is 1. The van der Waals surface area contributed by atoms with E-state index >= 15 is 0 Å². The van der Waals surface area contributed by atoms with Gasteiger partial charge in [-0.1, -0.05) is 0 Å². The van der Waals surface area contributed by atoms with Gasteiger partial charge in [0.2, 0.25) is 0 Å². The van der Waals surface area contributed by atoms with Crippen LogP contribution in [-0.2, 0) is 0 Å². The molecule has 0 aromatic heterocycles. The topological polar surface area (TPSA) is 37.7 Å². The summed E-state index contributed by atoms with van der Waals surface area (Å²) in [5.41, 5.74) is 0. The maximum absolute atomic E-state index is 11.8. The minimum Gasteiger partial charge on any atom is -0.325 e. The number of hydrogen-bond acceptors (Lipinski definition) is 1. The fourth-order valence-corrected chi connectivity index (χ4v) is 1.91. The van der Waals surface area contributed by atoms with E-state index in [1.165, 1.54) is 12.8 Å². The van der Waals surface area contributed by atoms with Gasteiger partial charge in [-0.05, 0) is 12.8 Å². The first-order chi connectivity index (χ1) is 6.38. The molecule has 0 unspecified atom stereocenters. The third-order valence-corrected chi connectivity index (χ3v) is 2.70. The number of hydrogen-bond donors (Lipinski definition) is 0. The summed E-state index contributed by atoms with van der Waals surface area (Å²) in [6, 6.07) is 0.229. The summed E-state index contributed by atoms with van der Waals surface area (Å²) in [5, 5.41) is 4.22. The number of piperazine rings is 1. The third-order valence-electron chi connectivity index (χ3n) is 2.70. The zero-order valence-electron chi connectivity index (χ0n) is 7.91. The molecule has 73 valence electrons. The highest BCUT2D eigenvalue weighted by Gasteiger charge is 2.24. The molecule has 2 rings (SSSR count). The lowest BCUT2D eigenvalue weighted by molar-refractivity contribution is 0.155. The fraction of sp³-hybridized carbons (Fsp3) is 0.889. The van der Waals surface area contributed by atoms with E-state index in [4.69, 9.17) is 0 Å². The molecule has 0 spiro atoms. The van der Waals surface area contributed by atoms with E-state index in [0.717, 1.165) is 39.3 Å². The zero-order chi connectivity index (χ0) is 9.10. The van der Waals surface area contributed by atoms with Crippen LogP contribution in [0.3, 0.4) is 0 Å². The van der Waals surface area contributed by atoms with Gasteiger partial charge in [0.1, 0.15) is 0 Å². The van der Waals surface area contributed by atoms with Crippen molar-refractivity contribution in [2.45, 2.75) is 12.8 Å². The quantitative estimate of drug-likeness (QED) is 0.524. The van der Waals surface area contributed by atoms with Crippen LogP contribution in [0.5, 0.6) is 0 Å². The summed E-state index contributed by atoms with van der Waals surface area (Å²) in [6.45, 7) is 5.17. The molecule has 2 heterocycles. The van der Waals surface area contributed by atoms with Crippen molar-refractivity contribution in [2.75, 3.05) is 39.3 Å². The highest BCUT2D eigenvalue weighted by molar-refractivity contribution is 5.74. The highest BCUT2D eigenvalue weighted by Crippen LogP contribution is 2.10. The largest absolute Gasteiger partial charge is 0.325 e. The minimum absolute atomic E-state index is 0.229. The second-order valence-electron chi connectivity index (χ2n) is 3.63. The SMILES string of the molecule is O=C(N1CCCC1)N1CC[N]CC1. The van der Waals surface area contributed by atoms with Crippen LogP contribution in [0.2, 0.25) is 0 Å². The number of amides is 2. The van der Waals surface area contributed by atoms with Crippen molar-refractivity contribution in [1.29, 1.82) is 0 Å². The Kier molecular flexibility index (Phi) is 2.68. The Bertz CT molecular complexity index is 183. The average molecular weight is 182 g/mol. The van der Waals surface area contributed by atoms with Gasteiger partial charge in [0.15, 0.2) is 0 Å². The Morgan fingerprint density at radius 1 is 0.923 bits per heavy atom. The highest BCUT2D eigenvalue weighted by atomic mass is 16.2. The fourth-order valence-electron chi connectivity index (χ4n) is 1.91. The van der Waals surface area contributed by atoms with Crippen molar-refractivity contribution in [3.05, 3.63) is 0 Å². The van der Waals surface area contributed by atoms with E-state index in [9.17, 15) is 4.79 Å². The summed E-state index contributed by atoms with van der Waals surface area (Å²) in [7, 11) is 0. The summed E-state index contributed by atoms with van der Waals surface area (Å²) >= 11 is 0. The molecule has 2 amide bonds. The van der Waals surface area contributed by atoms with Crippen LogP contribution in [0, 0.1) is 0 Å². The van der Waals surface area contributed by atoms with Crippen molar-refractivity contribution in [2.24, 2.45) is 0 Å². The van der Waals surface area contributed by atoms with Crippen molar-refractivity contribution < 1.29 is 4.79 Å². The molecule has 0 saturated carbocycles. The Hall–Kier alpha value is -0.770. The molecule has 0 aliphatic carbocycles. The van der Waals surface area contributed by atoms with Gasteiger partial charge < -0.3 is 9.80 Å². The van der Waals surface area contributed by atoms with Crippen molar-refractivity contribution >= 4 is 6.03 Å². The summed E-state index contributed by atoms with van der Waals surface area (Å²) in [5.74, 6) is 0. The monoisotopic (exact) mass is 182 g/mol. The van der Waals surface area contributed by atoms with Crippen LogP contribution in [0.1, 0.15) is 12.8 Å². The molecule has 2 aliphatic rings. The summed E-state index contributed by atoms with van der Waals surface area (Å²) in [6.07, 6.45) is 2.34. The first-order valence-corrected chi connectivity index (χ1v) is 5.05. The molecule has 1 radical (unpaired) electrons. The Morgan fingerprint density at radius 3 is 2.08 bits per heavy atom. The molecule has 4 nitrogen and oxygen atoms in total. The molecule has 0 aromatic carbocycles. The van der Waals surface area contributed by atoms with Crippen molar-refractivity contribution in [3.8, 4) is 0 Å². The van der Waals surface area contributed by atoms with Gasteiger partial charge in [0.05, 0.1) is 0 Å². The molecular formula is C9H16N3O. The molecule has 2 aliphatic heterocycles. The number of nitrogens with zero attached hydrogens (tertiary/aromatic N) is 3. The van der Waals surface area contributed by atoms with E-state index in [0.29, 0.717) is 0 Å².